The maximum absolute atomic E-state index is 14.4. The average molecular weight is 766 g/mol. The number of nitrogens with one attached hydrogen (secondary N) is 1. The SMILES string of the molecule is CC[C@H]1OC(=O)[C@H](C)[C@H]2C[C@@H](OC3O[C@H](C)C[C@H](N(C)C)[C@H]3O)[C@](C)(C[C@@H](C)C(=O)[C@H](C)C3NC(=O)OC31C)OC/C(=N/Oc1cccc(Cl)c1)CO2. The summed E-state index contributed by atoms with van der Waals surface area (Å²) in [4.78, 5) is 48.9. The van der Waals surface area contributed by atoms with Crippen molar-refractivity contribution in [3.63, 3.8) is 0 Å². The van der Waals surface area contributed by atoms with Gasteiger partial charge in [-0.25, -0.2) is 4.79 Å². The molecule has 4 fully saturated rings. The normalized spacial score (nSPS) is 41.0. The first kappa shape index (κ1) is 41.3. The first-order valence-electron chi connectivity index (χ1n) is 18.6. The van der Waals surface area contributed by atoms with E-state index in [-0.39, 0.29) is 44.0 Å². The first-order valence-corrected chi connectivity index (χ1v) is 19.0. The molecule has 296 valence electrons. The lowest BCUT2D eigenvalue weighted by Crippen LogP contribution is -2.59. The number of hydrogen-bond acceptors (Lipinski definition) is 13. The number of oxime groups is 1. The maximum atomic E-state index is 14.4. The summed E-state index contributed by atoms with van der Waals surface area (Å²) in [6.07, 6.45) is -4.36. The fraction of sp³-hybridized carbons (Fsp3) is 0.737. The van der Waals surface area contributed by atoms with Crippen molar-refractivity contribution in [2.45, 2.75) is 134 Å². The number of rotatable bonds is 6. The second-order valence-electron chi connectivity index (χ2n) is 15.7. The van der Waals surface area contributed by atoms with E-state index in [1.807, 2.05) is 46.7 Å². The number of ether oxygens (including phenoxy) is 6. The van der Waals surface area contributed by atoms with Crippen LogP contribution >= 0.6 is 11.6 Å². The van der Waals surface area contributed by atoms with Crippen molar-refractivity contribution in [1.82, 2.24) is 10.2 Å². The first-order chi connectivity index (χ1) is 24.9. The van der Waals surface area contributed by atoms with E-state index in [9.17, 15) is 19.5 Å². The molecule has 3 unspecified atom stereocenters. The lowest BCUT2D eigenvalue weighted by molar-refractivity contribution is -0.294. The fourth-order valence-electron chi connectivity index (χ4n) is 8.14. The van der Waals surface area contributed by atoms with Crippen LogP contribution in [0.15, 0.2) is 29.4 Å². The van der Waals surface area contributed by atoms with Gasteiger partial charge in [-0.2, -0.15) is 0 Å². The molecule has 13 atom stereocenters. The minimum Gasteiger partial charge on any atom is -0.458 e. The highest BCUT2D eigenvalue weighted by molar-refractivity contribution is 6.30. The number of carbonyl (C=O) groups is 3. The van der Waals surface area contributed by atoms with Gasteiger partial charge in [0.05, 0.1) is 49.1 Å². The number of esters is 1. The largest absolute Gasteiger partial charge is 0.458 e. The van der Waals surface area contributed by atoms with Crippen molar-refractivity contribution in [1.29, 1.82) is 0 Å². The number of amides is 1. The summed E-state index contributed by atoms with van der Waals surface area (Å²) >= 11 is 6.17. The molecule has 0 spiro atoms. The number of fused-ring (bicyclic) bond motifs is 4. The summed E-state index contributed by atoms with van der Waals surface area (Å²) in [5, 5.41) is 19.2. The number of alkyl carbamates (subject to hydrolysis) is 1. The molecule has 4 aliphatic rings. The van der Waals surface area contributed by atoms with Crippen LogP contribution in [0.25, 0.3) is 0 Å². The molecule has 4 saturated heterocycles. The van der Waals surface area contributed by atoms with Crippen LogP contribution in [0.3, 0.4) is 0 Å². The number of aliphatic hydroxyl groups excluding tert-OH is 1. The van der Waals surface area contributed by atoms with Crippen molar-refractivity contribution in [3.05, 3.63) is 29.3 Å². The number of carbonyl (C=O) groups excluding carboxylic acids is 3. The van der Waals surface area contributed by atoms with Crippen LogP contribution in [-0.4, -0.2) is 121 Å². The van der Waals surface area contributed by atoms with Crippen molar-refractivity contribution in [2.24, 2.45) is 22.9 Å². The Bertz CT molecular complexity index is 1510. The number of cyclic esters (lactones) is 1. The predicted octanol–water partition coefficient (Wildman–Crippen LogP) is 4.52. The molecule has 2 bridgehead atoms. The summed E-state index contributed by atoms with van der Waals surface area (Å²) < 4.78 is 38.1. The van der Waals surface area contributed by atoms with E-state index in [4.69, 9.17) is 44.9 Å². The molecular weight excluding hydrogens is 710 g/mol. The summed E-state index contributed by atoms with van der Waals surface area (Å²) in [6.45, 7) is 12.4. The van der Waals surface area contributed by atoms with E-state index in [2.05, 4.69) is 10.5 Å². The lowest BCUT2D eigenvalue weighted by Gasteiger charge is -2.46. The van der Waals surface area contributed by atoms with Crippen LogP contribution in [0.4, 0.5) is 4.79 Å². The Hall–Kier alpha value is -2.85. The lowest BCUT2D eigenvalue weighted by atomic mass is 9.75. The van der Waals surface area contributed by atoms with Gasteiger partial charge in [0, 0.05) is 35.4 Å². The standard InChI is InChI=1S/C38H56ClN3O11/c1-10-29-38(7)33(40-36(46)52-38)23(5)31(43)20(2)17-37(6)30(51-35-32(44)27(42(8)9)14-21(3)49-35)16-28(22(4)34(45)50-29)47-18-25(19-48-37)41-53-26-13-11-12-24(39)15-26/h11-13,15,20-23,27-30,32-33,35,44H,10,14,16-19H2,1-9H3,(H,40,46)/b41-25+/t20-,21-,22-,23+,27+,28-,29-,30-,32-,33?,35?,37+,38?/m1/s1. The van der Waals surface area contributed by atoms with E-state index < -0.39 is 77.8 Å². The molecule has 0 aromatic heterocycles. The van der Waals surface area contributed by atoms with Gasteiger partial charge in [-0.15, -0.1) is 0 Å². The molecule has 1 aromatic carbocycles. The smallest absolute Gasteiger partial charge is 0.408 e. The molecule has 1 aromatic rings. The Morgan fingerprint density at radius 3 is 2.49 bits per heavy atom. The molecular formula is C38H56ClN3O11. The van der Waals surface area contributed by atoms with Gasteiger partial charge >= 0.3 is 12.1 Å². The number of halogens is 1. The third-order valence-electron chi connectivity index (χ3n) is 11.4. The van der Waals surface area contributed by atoms with Crippen molar-refractivity contribution in [2.75, 3.05) is 27.3 Å². The number of Topliss-reactive ketones (excluding diaryl/α,β-unsaturated/α-hetero) is 1. The molecule has 5 rings (SSSR count). The van der Waals surface area contributed by atoms with Gasteiger partial charge < -0.3 is 48.6 Å². The van der Waals surface area contributed by atoms with Crippen LogP contribution in [0.1, 0.15) is 74.1 Å². The molecule has 0 aliphatic carbocycles. The minimum atomic E-state index is -1.32. The molecule has 14 nitrogen and oxygen atoms in total. The molecule has 0 radical (unpaired) electrons. The highest BCUT2D eigenvalue weighted by Crippen LogP contribution is 2.40. The van der Waals surface area contributed by atoms with Crippen LogP contribution < -0.4 is 10.2 Å². The Balaban J connectivity index is 1.59. The number of nitrogens with zero attached hydrogens (tertiary/aromatic N) is 2. The van der Waals surface area contributed by atoms with E-state index in [0.29, 0.717) is 29.3 Å². The molecule has 1 amide bonds. The molecule has 4 heterocycles. The molecule has 4 aliphatic heterocycles. The monoisotopic (exact) mass is 765 g/mol. The van der Waals surface area contributed by atoms with Crippen LogP contribution in [-0.2, 0) is 38.0 Å². The summed E-state index contributed by atoms with van der Waals surface area (Å²) in [5.74, 6) is -2.52. The van der Waals surface area contributed by atoms with Crippen LogP contribution in [0.2, 0.25) is 5.02 Å². The Morgan fingerprint density at radius 1 is 1.08 bits per heavy atom. The topological polar surface area (TPSA) is 164 Å². The van der Waals surface area contributed by atoms with E-state index in [1.165, 1.54) is 0 Å². The number of aliphatic hydroxyl groups is 1. The van der Waals surface area contributed by atoms with Gasteiger partial charge in [-0.05, 0) is 73.2 Å². The van der Waals surface area contributed by atoms with Crippen molar-refractivity contribution in [3.8, 4) is 5.75 Å². The molecule has 53 heavy (non-hydrogen) atoms. The molecule has 15 heteroatoms. The van der Waals surface area contributed by atoms with Gasteiger partial charge in [0.15, 0.2) is 17.6 Å². The predicted molar refractivity (Wildman–Crippen MR) is 195 cm³/mol. The molecule has 2 N–H and O–H groups in total. The van der Waals surface area contributed by atoms with Crippen molar-refractivity contribution < 1.29 is 52.7 Å². The van der Waals surface area contributed by atoms with Gasteiger partial charge in [-0.1, -0.05) is 43.6 Å². The average Bonchev–Trinajstić information content (AvgIpc) is 3.44. The zero-order valence-electron chi connectivity index (χ0n) is 32.2. The van der Waals surface area contributed by atoms with Gasteiger partial charge in [0.2, 0.25) is 0 Å². The summed E-state index contributed by atoms with van der Waals surface area (Å²) in [5.41, 5.74) is -2.17. The maximum Gasteiger partial charge on any atom is 0.408 e. The Labute approximate surface area is 317 Å². The third kappa shape index (κ3) is 9.17. The van der Waals surface area contributed by atoms with Crippen molar-refractivity contribution >= 4 is 35.2 Å². The van der Waals surface area contributed by atoms with E-state index in [0.717, 1.165) is 0 Å². The number of ketones is 1. The van der Waals surface area contributed by atoms with Crippen LogP contribution in [0.5, 0.6) is 5.75 Å². The highest BCUT2D eigenvalue weighted by Gasteiger charge is 2.57. The fourth-order valence-corrected chi connectivity index (χ4v) is 8.32. The Kier molecular flexibility index (Phi) is 13.2. The van der Waals surface area contributed by atoms with E-state index in [1.54, 1.807) is 45.0 Å². The summed E-state index contributed by atoms with van der Waals surface area (Å²) in [6, 6.07) is 5.76. The van der Waals surface area contributed by atoms with Crippen LogP contribution in [0, 0.1) is 17.8 Å². The highest BCUT2D eigenvalue weighted by atomic mass is 35.5. The summed E-state index contributed by atoms with van der Waals surface area (Å²) in [7, 11) is 3.79. The Morgan fingerprint density at radius 2 is 1.81 bits per heavy atom. The van der Waals surface area contributed by atoms with Gasteiger partial charge in [0.1, 0.15) is 23.7 Å². The molecule has 0 saturated carbocycles. The minimum absolute atomic E-state index is 0.0714. The number of hydrogen-bond donors (Lipinski definition) is 2. The zero-order valence-corrected chi connectivity index (χ0v) is 33.0. The second kappa shape index (κ2) is 16.9. The van der Waals surface area contributed by atoms with Gasteiger partial charge in [0.25, 0.3) is 0 Å². The van der Waals surface area contributed by atoms with Gasteiger partial charge in [-0.3, -0.25) is 9.59 Å². The second-order valence-corrected chi connectivity index (χ2v) is 16.1. The quantitative estimate of drug-likeness (QED) is 0.308. The number of likely N-dealkylation sites (N-methyl/N-ethyl adjacent to an activating group) is 1. The van der Waals surface area contributed by atoms with E-state index >= 15 is 0 Å². The zero-order chi connectivity index (χ0) is 38.8. The third-order valence-corrected chi connectivity index (χ3v) is 11.6. The number of benzene rings is 1.